The minimum absolute atomic E-state index is 0.136. The predicted molar refractivity (Wildman–Crippen MR) is 67.2 cm³/mol. The molecule has 84 valence electrons. The van der Waals surface area contributed by atoms with Gasteiger partial charge in [0.2, 0.25) is 0 Å². The molecule has 0 atom stereocenters. The lowest BCUT2D eigenvalue weighted by Gasteiger charge is -2.30. The van der Waals surface area contributed by atoms with Crippen LogP contribution < -0.4 is 4.90 Å². The second kappa shape index (κ2) is 4.97. The van der Waals surface area contributed by atoms with Crippen LogP contribution in [0.5, 0.6) is 0 Å². The number of hydrogen-bond acceptors (Lipinski definition) is 1. The summed E-state index contributed by atoms with van der Waals surface area (Å²) in [6.45, 7) is 5.12. The van der Waals surface area contributed by atoms with Crippen molar-refractivity contribution >= 4 is 21.6 Å². The number of anilines is 1. The van der Waals surface area contributed by atoms with Gasteiger partial charge in [-0.1, -0.05) is 41.9 Å². The molecule has 0 bridgehead atoms. The summed E-state index contributed by atoms with van der Waals surface area (Å²) < 4.78 is 13.5. The summed E-state index contributed by atoms with van der Waals surface area (Å²) in [5.74, 6) is -0.162. The van der Waals surface area contributed by atoms with Crippen molar-refractivity contribution in [3.63, 3.8) is 0 Å². The topological polar surface area (TPSA) is 3.24 Å². The fraction of sp³-hybridized carbons (Fsp3) is 0.500. The quantitative estimate of drug-likeness (QED) is 0.757. The van der Waals surface area contributed by atoms with E-state index in [2.05, 4.69) is 29.8 Å². The Bertz CT molecular complexity index is 325. The maximum Gasteiger partial charge on any atom is 0.146 e. The van der Waals surface area contributed by atoms with E-state index in [1.54, 1.807) is 12.1 Å². The van der Waals surface area contributed by atoms with Crippen molar-refractivity contribution < 1.29 is 4.39 Å². The van der Waals surface area contributed by atoms with Crippen molar-refractivity contribution in [1.29, 1.82) is 0 Å². The number of benzene rings is 1. The van der Waals surface area contributed by atoms with Crippen LogP contribution in [0.3, 0.4) is 0 Å². The van der Waals surface area contributed by atoms with Crippen LogP contribution in [-0.4, -0.2) is 18.9 Å². The number of hydrogen-bond donors (Lipinski definition) is 0. The van der Waals surface area contributed by atoms with Crippen molar-refractivity contribution in [3.05, 3.63) is 30.1 Å². The molecule has 1 nitrogen and oxygen atoms in total. The van der Waals surface area contributed by atoms with Crippen molar-refractivity contribution in [2.24, 2.45) is 5.41 Å². The number of alkyl halides is 1. The van der Waals surface area contributed by atoms with Crippen LogP contribution in [0.2, 0.25) is 0 Å². The first-order valence-electron chi connectivity index (χ1n) is 4.98. The van der Waals surface area contributed by atoms with Crippen molar-refractivity contribution in [3.8, 4) is 0 Å². The Labute approximate surface area is 99.4 Å². The van der Waals surface area contributed by atoms with E-state index >= 15 is 0 Å². The average molecular weight is 274 g/mol. The van der Waals surface area contributed by atoms with Gasteiger partial charge in [0.1, 0.15) is 5.82 Å². The molecule has 1 aromatic carbocycles. The van der Waals surface area contributed by atoms with Gasteiger partial charge in [0.25, 0.3) is 0 Å². The molecule has 0 fully saturated rings. The van der Waals surface area contributed by atoms with Crippen LogP contribution in [0.25, 0.3) is 0 Å². The van der Waals surface area contributed by atoms with Crippen molar-refractivity contribution in [2.45, 2.75) is 13.8 Å². The zero-order valence-corrected chi connectivity index (χ0v) is 11.0. The Hall–Kier alpha value is -0.570. The first kappa shape index (κ1) is 12.5. The van der Waals surface area contributed by atoms with E-state index in [1.165, 1.54) is 6.07 Å². The zero-order valence-electron chi connectivity index (χ0n) is 9.43. The Morgan fingerprint density at radius 2 is 1.93 bits per heavy atom. The third kappa shape index (κ3) is 3.49. The van der Waals surface area contributed by atoms with E-state index in [-0.39, 0.29) is 11.2 Å². The molecule has 0 aromatic heterocycles. The second-order valence-corrected chi connectivity index (χ2v) is 5.17. The monoisotopic (exact) mass is 273 g/mol. The van der Waals surface area contributed by atoms with Crippen molar-refractivity contribution in [1.82, 2.24) is 0 Å². The zero-order chi connectivity index (χ0) is 11.5. The highest BCUT2D eigenvalue weighted by molar-refractivity contribution is 9.09. The molecule has 3 heteroatoms. The highest BCUT2D eigenvalue weighted by Crippen LogP contribution is 2.24. The molecule has 0 aliphatic rings. The first-order chi connectivity index (χ1) is 6.96. The average Bonchev–Trinajstić information content (AvgIpc) is 2.17. The van der Waals surface area contributed by atoms with Gasteiger partial charge in [0.15, 0.2) is 0 Å². The molecule has 1 aromatic rings. The molecule has 15 heavy (non-hydrogen) atoms. The van der Waals surface area contributed by atoms with E-state index < -0.39 is 0 Å². The SMILES string of the molecule is CN(CC(C)(C)CBr)c1ccccc1F. The van der Waals surface area contributed by atoms with Gasteiger partial charge in [0, 0.05) is 18.9 Å². The number of halogens is 2. The Balaban J connectivity index is 2.78. The molecule has 0 aliphatic carbocycles. The lowest BCUT2D eigenvalue weighted by atomic mass is 9.96. The van der Waals surface area contributed by atoms with Gasteiger partial charge in [0.05, 0.1) is 5.69 Å². The third-order valence-corrected chi connectivity index (χ3v) is 3.81. The first-order valence-corrected chi connectivity index (χ1v) is 6.10. The van der Waals surface area contributed by atoms with Gasteiger partial charge in [-0.05, 0) is 17.5 Å². The maximum absolute atomic E-state index is 13.5. The summed E-state index contributed by atoms with van der Waals surface area (Å²) in [6.07, 6.45) is 0. The molecule has 0 unspecified atom stereocenters. The molecule has 0 saturated heterocycles. The predicted octanol–water partition coefficient (Wildman–Crippen LogP) is 3.68. The number of para-hydroxylation sites is 1. The third-order valence-electron chi connectivity index (χ3n) is 2.29. The van der Waals surface area contributed by atoms with Crippen LogP contribution in [0.15, 0.2) is 24.3 Å². The minimum atomic E-state index is -0.162. The summed E-state index contributed by atoms with van der Waals surface area (Å²) in [5.41, 5.74) is 0.795. The molecular formula is C12H17BrFN. The summed E-state index contributed by atoms with van der Waals surface area (Å²) in [6, 6.07) is 6.87. The van der Waals surface area contributed by atoms with E-state index in [4.69, 9.17) is 0 Å². The fourth-order valence-electron chi connectivity index (χ4n) is 1.53. The van der Waals surface area contributed by atoms with Crippen LogP contribution in [0.1, 0.15) is 13.8 Å². The van der Waals surface area contributed by atoms with Crippen LogP contribution >= 0.6 is 15.9 Å². The molecule has 0 amide bonds. The van der Waals surface area contributed by atoms with E-state index in [0.29, 0.717) is 5.69 Å². The molecule has 0 radical (unpaired) electrons. The second-order valence-electron chi connectivity index (χ2n) is 4.61. The van der Waals surface area contributed by atoms with Gasteiger partial charge in [-0.25, -0.2) is 4.39 Å². The van der Waals surface area contributed by atoms with E-state index in [9.17, 15) is 4.39 Å². The van der Waals surface area contributed by atoms with Crippen LogP contribution in [0, 0.1) is 11.2 Å². The molecule has 0 saturated carbocycles. The fourth-order valence-corrected chi connectivity index (χ4v) is 1.71. The molecule has 0 aliphatic heterocycles. The lowest BCUT2D eigenvalue weighted by molar-refractivity contribution is 0.430. The Kier molecular flexibility index (Phi) is 4.14. The van der Waals surface area contributed by atoms with E-state index in [1.807, 2.05) is 18.0 Å². The highest BCUT2D eigenvalue weighted by atomic mass is 79.9. The number of nitrogens with zero attached hydrogens (tertiary/aromatic N) is 1. The summed E-state index contributed by atoms with van der Waals surface area (Å²) in [5, 5.41) is 0.902. The minimum Gasteiger partial charge on any atom is -0.372 e. The Morgan fingerprint density at radius 3 is 2.47 bits per heavy atom. The van der Waals surface area contributed by atoms with E-state index in [0.717, 1.165) is 11.9 Å². The van der Waals surface area contributed by atoms with Crippen LogP contribution in [-0.2, 0) is 0 Å². The molecular weight excluding hydrogens is 257 g/mol. The largest absolute Gasteiger partial charge is 0.372 e. The van der Waals surface area contributed by atoms with Gasteiger partial charge < -0.3 is 4.90 Å². The molecule has 1 rings (SSSR count). The van der Waals surface area contributed by atoms with Gasteiger partial charge >= 0.3 is 0 Å². The van der Waals surface area contributed by atoms with Gasteiger partial charge in [-0.15, -0.1) is 0 Å². The van der Waals surface area contributed by atoms with Gasteiger partial charge in [-0.2, -0.15) is 0 Å². The molecule has 0 N–H and O–H groups in total. The summed E-state index contributed by atoms with van der Waals surface area (Å²) in [4.78, 5) is 1.95. The van der Waals surface area contributed by atoms with Crippen molar-refractivity contribution in [2.75, 3.05) is 23.8 Å². The molecule has 0 heterocycles. The molecule has 0 spiro atoms. The normalized spacial score (nSPS) is 11.5. The highest BCUT2D eigenvalue weighted by Gasteiger charge is 2.19. The Morgan fingerprint density at radius 1 is 1.33 bits per heavy atom. The maximum atomic E-state index is 13.5. The standard InChI is InChI=1S/C12H17BrFN/c1-12(2,8-13)9-15(3)11-7-5-4-6-10(11)14/h4-7H,8-9H2,1-3H3. The summed E-state index contributed by atoms with van der Waals surface area (Å²) >= 11 is 3.47. The van der Waals surface area contributed by atoms with Gasteiger partial charge in [-0.3, -0.25) is 0 Å². The van der Waals surface area contributed by atoms with Crippen LogP contribution in [0.4, 0.5) is 10.1 Å². The summed E-state index contributed by atoms with van der Waals surface area (Å²) in [7, 11) is 1.92. The lowest BCUT2D eigenvalue weighted by Crippen LogP contribution is -2.32. The smallest absolute Gasteiger partial charge is 0.146 e. The number of rotatable bonds is 4.